The van der Waals surface area contributed by atoms with Crippen LogP contribution in [0, 0.1) is 10.6 Å². The van der Waals surface area contributed by atoms with Gasteiger partial charge in [-0.2, -0.15) is 5.10 Å². The fourth-order valence-electron chi connectivity index (χ4n) is 2.45. The number of aromatic nitrogens is 5. The normalized spacial score (nSPS) is 11.1. The third kappa shape index (κ3) is 1.94. The zero-order valence-electron chi connectivity index (χ0n) is 11.2. The van der Waals surface area contributed by atoms with Gasteiger partial charge in [0.2, 0.25) is 0 Å². The highest BCUT2D eigenvalue weighted by molar-refractivity contribution is 7.71. The topological polar surface area (TPSA) is 62.3 Å². The van der Waals surface area contributed by atoms with Gasteiger partial charge >= 0.3 is 0 Å². The molecule has 22 heavy (non-hydrogen) atoms. The van der Waals surface area contributed by atoms with Crippen molar-refractivity contribution in [3.8, 4) is 17.1 Å². The van der Waals surface area contributed by atoms with E-state index < -0.39 is 0 Å². The highest BCUT2D eigenvalue weighted by Gasteiger charge is 2.15. The minimum Gasteiger partial charge on any atom is -0.345 e. The number of nitrogens with one attached hydrogen (secondary N) is 2. The molecule has 108 valence electrons. The molecule has 5 nitrogen and oxygen atoms in total. The van der Waals surface area contributed by atoms with Crippen molar-refractivity contribution in [2.24, 2.45) is 0 Å². The van der Waals surface area contributed by atoms with Crippen LogP contribution in [0.2, 0.25) is 0 Å². The number of nitrogens with zero attached hydrogens (tertiary/aromatic N) is 3. The van der Waals surface area contributed by atoms with Gasteiger partial charge in [-0.15, -0.1) is 0 Å². The van der Waals surface area contributed by atoms with Gasteiger partial charge in [0, 0.05) is 23.3 Å². The summed E-state index contributed by atoms with van der Waals surface area (Å²) >= 11 is 5.31. The number of rotatable bonds is 2. The first-order chi connectivity index (χ1) is 10.7. The Bertz CT molecular complexity index is 1010. The molecule has 4 rings (SSSR count). The van der Waals surface area contributed by atoms with Gasteiger partial charge < -0.3 is 4.98 Å². The summed E-state index contributed by atoms with van der Waals surface area (Å²) < 4.78 is 15.4. The first-order valence-corrected chi connectivity index (χ1v) is 7.01. The van der Waals surface area contributed by atoms with Gasteiger partial charge in [-0.3, -0.25) is 9.67 Å². The summed E-state index contributed by atoms with van der Waals surface area (Å²) in [6.07, 6.45) is 3.56. The molecule has 2 N–H and O–H groups in total. The molecule has 0 saturated heterocycles. The summed E-state index contributed by atoms with van der Waals surface area (Å²) in [5, 5.41) is 8.05. The lowest BCUT2D eigenvalue weighted by Gasteiger charge is -2.06. The fourth-order valence-corrected chi connectivity index (χ4v) is 2.69. The molecule has 0 aliphatic rings. The van der Waals surface area contributed by atoms with Crippen LogP contribution in [0.25, 0.3) is 28.1 Å². The quantitative estimate of drug-likeness (QED) is 0.556. The van der Waals surface area contributed by atoms with Crippen LogP contribution in [0.3, 0.4) is 0 Å². The number of benzene rings is 1. The van der Waals surface area contributed by atoms with Crippen LogP contribution in [0.5, 0.6) is 0 Å². The van der Waals surface area contributed by atoms with E-state index in [0.29, 0.717) is 10.6 Å². The number of H-pyrrole nitrogens is 2. The average Bonchev–Trinajstić information content (AvgIpc) is 3.12. The molecule has 1 aromatic carbocycles. The molecule has 7 heteroatoms. The summed E-state index contributed by atoms with van der Waals surface area (Å²) in [5.74, 6) is 0.354. The second-order valence-corrected chi connectivity index (χ2v) is 5.15. The van der Waals surface area contributed by atoms with Crippen molar-refractivity contribution in [3.63, 3.8) is 0 Å². The van der Waals surface area contributed by atoms with Crippen LogP contribution in [0.1, 0.15) is 0 Å². The number of hydrogen-bond donors (Lipinski definition) is 2. The van der Waals surface area contributed by atoms with Gasteiger partial charge in [-0.25, -0.2) is 9.37 Å². The van der Waals surface area contributed by atoms with E-state index in [2.05, 4.69) is 20.2 Å². The summed E-state index contributed by atoms with van der Waals surface area (Å²) in [6.45, 7) is 0. The molecule has 0 aliphatic heterocycles. The van der Waals surface area contributed by atoms with Crippen LogP contribution in [-0.2, 0) is 0 Å². The highest BCUT2D eigenvalue weighted by atomic mass is 32.1. The first kappa shape index (κ1) is 12.9. The Hall–Kier alpha value is -2.80. The van der Waals surface area contributed by atoms with E-state index in [1.54, 1.807) is 22.9 Å². The molecular weight excluding hydrogens is 301 g/mol. The van der Waals surface area contributed by atoms with Crippen molar-refractivity contribution in [2.75, 3.05) is 0 Å². The Morgan fingerprint density at radius 2 is 1.95 bits per heavy atom. The molecule has 0 unspecified atom stereocenters. The summed E-state index contributed by atoms with van der Waals surface area (Å²) in [7, 11) is 0. The number of pyridine rings is 1. The number of hydrogen-bond acceptors (Lipinski definition) is 3. The standard InChI is InChI=1S/C15H10FN5S/c16-9-3-5-10(6-4-9)21-14(19-20-15(21)22)12-8-18-13-11(12)2-1-7-17-13/h1-8H,(H,17,18)(H,20,22). The SMILES string of the molecule is Fc1ccc(-n2c(-c3c[nH]c4ncccc34)n[nH]c2=S)cc1. The second-order valence-electron chi connectivity index (χ2n) is 4.77. The summed E-state index contributed by atoms with van der Waals surface area (Å²) in [6, 6.07) is 9.94. The predicted octanol–water partition coefficient (Wildman–Crippen LogP) is 3.61. The molecule has 0 aliphatic carbocycles. The molecule has 0 bridgehead atoms. The van der Waals surface area contributed by atoms with Gasteiger partial charge in [0.15, 0.2) is 10.6 Å². The zero-order valence-corrected chi connectivity index (χ0v) is 12.1. The molecule has 0 spiro atoms. The number of aromatic amines is 2. The second kappa shape index (κ2) is 4.88. The molecule has 0 amide bonds. The Balaban J connectivity index is 1.97. The summed E-state index contributed by atoms with van der Waals surface area (Å²) in [5.41, 5.74) is 2.39. The largest absolute Gasteiger partial charge is 0.345 e. The van der Waals surface area contributed by atoms with Gasteiger partial charge in [0.05, 0.1) is 5.69 Å². The lowest BCUT2D eigenvalue weighted by atomic mass is 10.2. The van der Waals surface area contributed by atoms with Crippen molar-refractivity contribution >= 4 is 23.3 Å². The molecule has 0 radical (unpaired) electrons. The third-order valence-electron chi connectivity index (χ3n) is 3.45. The van der Waals surface area contributed by atoms with Gasteiger partial charge in [-0.05, 0) is 48.6 Å². The average molecular weight is 311 g/mol. The Morgan fingerprint density at radius 3 is 2.77 bits per heavy atom. The maximum atomic E-state index is 13.1. The van der Waals surface area contributed by atoms with E-state index >= 15 is 0 Å². The predicted molar refractivity (Wildman–Crippen MR) is 83.8 cm³/mol. The number of halogens is 1. The van der Waals surface area contributed by atoms with Crippen LogP contribution < -0.4 is 0 Å². The highest BCUT2D eigenvalue weighted by Crippen LogP contribution is 2.28. The van der Waals surface area contributed by atoms with E-state index in [1.165, 1.54) is 12.1 Å². The number of fused-ring (bicyclic) bond motifs is 1. The molecule has 3 heterocycles. The monoisotopic (exact) mass is 311 g/mol. The summed E-state index contributed by atoms with van der Waals surface area (Å²) in [4.78, 5) is 7.38. The molecule has 4 aromatic rings. The maximum absolute atomic E-state index is 13.1. The van der Waals surface area contributed by atoms with Crippen molar-refractivity contribution < 1.29 is 4.39 Å². The maximum Gasteiger partial charge on any atom is 0.200 e. The molecule has 3 aromatic heterocycles. The van der Waals surface area contributed by atoms with Crippen molar-refractivity contribution in [3.05, 3.63) is 59.4 Å². The Morgan fingerprint density at radius 1 is 1.14 bits per heavy atom. The van der Waals surface area contributed by atoms with Crippen LogP contribution in [0.4, 0.5) is 4.39 Å². The third-order valence-corrected chi connectivity index (χ3v) is 3.72. The molecular formula is C15H10FN5S. The Labute approximate surface area is 129 Å². The van der Waals surface area contributed by atoms with Gasteiger partial charge in [-0.1, -0.05) is 0 Å². The van der Waals surface area contributed by atoms with E-state index in [4.69, 9.17) is 12.2 Å². The van der Waals surface area contributed by atoms with E-state index in [1.807, 2.05) is 18.3 Å². The Kier molecular flexibility index (Phi) is 2.87. The molecule has 0 atom stereocenters. The first-order valence-electron chi connectivity index (χ1n) is 6.60. The van der Waals surface area contributed by atoms with Gasteiger partial charge in [0.25, 0.3) is 0 Å². The van der Waals surface area contributed by atoms with E-state index in [0.717, 1.165) is 22.3 Å². The van der Waals surface area contributed by atoms with Crippen molar-refractivity contribution in [1.29, 1.82) is 0 Å². The molecule has 0 fully saturated rings. The van der Waals surface area contributed by atoms with Crippen LogP contribution in [-0.4, -0.2) is 24.7 Å². The minimum absolute atomic E-state index is 0.295. The van der Waals surface area contributed by atoms with E-state index in [-0.39, 0.29) is 5.82 Å². The smallest absolute Gasteiger partial charge is 0.200 e. The molecule has 0 saturated carbocycles. The van der Waals surface area contributed by atoms with Crippen LogP contribution in [0.15, 0.2) is 48.8 Å². The van der Waals surface area contributed by atoms with Crippen LogP contribution >= 0.6 is 12.2 Å². The van der Waals surface area contributed by atoms with Crippen molar-refractivity contribution in [1.82, 2.24) is 24.7 Å². The lowest BCUT2D eigenvalue weighted by Crippen LogP contribution is -1.97. The van der Waals surface area contributed by atoms with Gasteiger partial charge in [0.1, 0.15) is 11.5 Å². The van der Waals surface area contributed by atoms with E-state index in [9.17, 15) is 4.39 Å². The minimum atomic E-state index is -0.295. The van der Waals surface area contributed by atoms with Crippen molar-refractivity contribution in [2.45, 2.75) is 0 Å². The lowest BCUT2D eigenvalue weighted by molar-refractivity contribution is 0.627. The fraction of sp³-hybridized carbons (Fsp3) is 0. The zero-order chi connectivity index (χ0) is 15.1.